The summed E-state index contributed by atoms with van der Waals surface area (Å²) in [5.41, 5.74) is 2.37. The number of morpholine rings is 1. The summed E-state index contributed by atoms with van der Waals surface area (Å²) in [4.78, 5) is 2.30. The molecule has 6 rings (SSSR count). The molecule has 2 aliphatic rings. The molecule has 0 amide bonds. The molecule has 0 radical (unpaired) electrons. The molecule has 0 bridgehead atoms. The van der Waals surface area contributed by atoms with Crippen molar-refractivity contribution in [1.29, 1.82) is 0 Å². The molecular formula is C31H26F3NO4. The second-order valence-corrected chi connectivity index (χ2v) is 9.42. The molecule has 0 N–H and O–H groups in total. The second-order valence-electron chi connectivity index (χ2n) is 9.42. The Bertz CT molecular complexity index is 1510. The zero-order valence-electron chi connectivity index (χ0n) is 21.2. The summed E-state index contributed by atoms with van der Waals surface area (Å²) in [5, 5.41) is 2.18. The Hall–Kier alpha value is -4.17. The fourth-order valence-electron chi connectivity index (χ4n) is 5.30. The van der Waals surface area contributed by atoms with Gasteiger partial charge in [-0.15, -0.1) is 13.2 Å². The molecule has 1 atom stereocenters. The van der Waals surface area contributed by atoms with Crippen molar-refractivity contribution in [2.24, 2.45) is 0 Å². The Labute approximate surface area is 224 Å². The largest absolute Gasteiger partial charge is 0.573 e. The molecule has 39 heavy (non-hydrogen) atoms. The van der Waals surface area contributed by atoms with Gasteiger partial charge in [-0.3, -0.25) is 0 Å². The molecule has 5 nitrogen and oxygen atoms in total. The van der Waals surface area contributed by atoms with Crippen LogP contribution in [-0.4, -0.2) is 39.8 Å². The second kappa shape index (κ2) is 9.85. The fourth-order valence-corrected chi connectivity index (χ4v) is 5.30. The van der Waals surface area contributed by atoms with Gasteiger partial charge in [-0.05, 0) is 41.8 Å². The average Bonchev–Trinajstić information content (AvgIpc) is 2.96. The maximum atomic E-state index is 12.8. The van der Waals surface area contributed by atoms with Crippen LogP contribution in [0.1, 0.15) is 16.7 Å². The number of nitrogens with zero attached hydrogens (tertiary/aromatic N) is 1. The van der Waals surface area contributed by atoms with Crippen molar-refractivity contribution in [2.45, 2.75) is 12.0 Å². The normalized spacial score (nSPS) is 18.9. The standard InChI is InChI=1S/C31H26F3NO4/c1-36-23-10-6-21(7-11-23)30(22-8-12-24(13-9-22)38-31(32,33)34)15-14-27-25-4-2-3-5-26(25)28(20-29(27)39-30)35-16-18-37-19-17-35/h2-15,20H,16-19H2,1H3. The zero-order valence-corrected chi connectivity index (χ0v) is 21.2. The van der Waals surface area contributed by atoms with Gasteiger partial charge < -0.3 is 23.8 Å². The number of alkyl halides is 3. The topological polar surface area (TPSA) is 40.2 Å². The first-order chi connectivity index (χ1) is 18.9. The Morgan fingerprint density at radius 3 is 2.05 bits per heavy atom. The highest BCUT2D eigenvalue weighted by Gasteiger charge is 2.38. The van der Waals surface area contributed by atoms with Crippen molar-refractivity contribution in [2.75, 3.05) is 38.3 Å². The third-order valence-electron chi connectivity index (χ3n) is 7.17. The molecule has 4 aromatic carbocycles. The Kier molecular flexibility index (Phi) is 6.35. The van der Waals surface area contributed by atoms with Crippen LogP contribution < -0.4 is 19.1 Å². The van der Waals surface area contributed by atoms with Crippen LogP contribution in [0.25, 0.3) is 16.8 Å². The van der Waals surface area contributed by atoms with E-state index in [0.717, 1.165) is 40.7 Å². The Morgan fingerprint density at radius 2 is 1.44 bits per heavy atom. The van der Waals surface area contributed by atoms with E-state index < -0.39 is 12.0 Å². The van der Waals surface area contributed by atoms with Crippen LogP contribution in [0, 0.1) is 0 Å². The minimum Gasteiger partial charge on any atom is -0.497 e. The monoisotopic (exact) mass is 533 g/mol. The van der Waals surface area contributed by atoms with Crippen LogP contribution in [0.2, 0.25) is 0 Å². The number of rotatable bonds is 5. The van der Waals surface area contributed by atoms with E-state index in [-0.39, 0.29) is 5.75 Å². The fraction of sp³-hybridized carbons (Fsp3) is 0.226. The molecule has 1 unspecified atom stereocenters. The lowest BCUT2D eigenvalue weighted by molar-refractivity contribution is -0.274. The van der Waals surface area contributed by atoms with Crippen LogP contribution in [-0.2, 0) is 10.3 Å². The smallest absolute Gasteiger partial charge is 0.497 e. The molecule has 0 aliphatic carbocycles. The van der Waals surface area contributed by atoms with E-state index in [1.54, 1.807) is 19.2 Å². The Balaban J connectivity index is 1.50. The van der Waals surface area contributed by atoms with Gasteiger partial charge in [0.1, 0.15) is 17.2 Å². The van der Waals surface area contributed by atoms with Crippen molar-refractivity contribution in [3.05, 3.63) is 102 Å². The van der Waals surface area contributed by atoms with E-state index in [9.17, 15) is 13.2 Å². The zero-order chi connectivity index (χ0) is 27.0. The lowest BCUT2D eigenvalue weighted by Gasteiger charge is -2.38. The minimum atomic E-state index is -4.77. The maximum absolute atomic E-state index is 12.8. The van der Waals surface area contributed by atoms with Gasteiger partial charge in [0.15, 0.2) is 5.60 Å². The summed E-state index contributed by atoms with van der Waals surface area (Å²) in [6.07, 6.45) is -0.779. The summed E-state index contributed by atoms with van der Waals surface area (Å²) in [7, 11) is 1.59. The van der Waals surface area contributed by atoms with Crippen LogP contribution in [0.3, 0.4) is 0 Å². The van der Waals surface area contributed by atoms with Gasteiger partial charge in [0.2, 0.25) is 0 Å². The number of methoxy groups -OCH3 is 1. The van der Waals surface area contributed by atoms with E-state index in [1.807, 2.05) is 48.6 Å². The van der Waals surface area contributed by atoms with Crippen LogP contribution in [0.15, 0.2) is 84.9 Å². The molecule has 200 valence electrons. The number of hydrogen-bond donors (Lipinski definition) is 0. The van der Waals surface area contributed by atoms with E-state index in [1.165, 1.54) is 12.1 Å². The van der Waals surface area contributed by atoms with Gasteiger partial charge in [-0.2, -0.15) is 0 Å². The molecule has 4 aromatic rings. The lowest BCUT2D eigenvalue weighted by atomic mass is 9.83. The minimum absolute atomic E-state index is 0.295. The van der Waals surface area contributed by atoms with E-state index in [0.29, 0.717) is 30.3 Å². The van der Waals surface area contributed by atoms with Crippen LogP contribution in [0.4, 0.5) is 18.9 Å². The molecule has 2 heterocycles. The SMILES string of the molecule is COc1ccc(C2(c3ccc(OC(F)(F)F)cc3)C=Cc3c(cc(N4CCOCC4)c4ccccc34)O2)cc1. The summed E-state index contributed by atoms with van der Waals surface area (Å²) in [5.74, 6) is 1.07. The molecule has 8 heteroatoms. The van der Waals surface area contributed by atoms with Gasteiger partial charge in [0.25, 0.3) is 0 Å². The van der Waals surface area contributed by atoms with E-state index in [2.05, 4.69) is 27.8 Å². The van der Waals surface area contributed by atoms with Crippen LogP contribution >= 0.6 is 0 Å². The summed E-state index contributed by atoms with van der Waals surface area (Å²) >= 11 is 0. The average molecular weight is 534 g/mol. The highest BCUT2D eigenvalue weighted by atomic mass is 19.4. The van der Waals surface area contributed by atoms with Gasteiger partial charge in [-0.25, -0.2) is 0 Å². The molecule has 0 spiro atoms. The molecule has 0 aromatic heterocycles. The van der Waals surface area contributed by atoms with Crippen LogP contribution in [0.5, 0.6) is 17.2 Å². The molecule has 1 saturated heterocycles. The number of ether oxygens (including phenoxy) is 4. The first kappa shape index (κ1) is 25.1. The van der Waals surface area contributed by atoms with Gasteiger partial charge in [0.05, 0.1) is 20.3 Å². The van der Waals surface area contributed by atoms with Gasteiger partial charge >= 0.3 is 6.36 Å². The van der Waals surface area contributed by atoms with Crippen molar-refractivity contribution in [1.82, 2.24) is 0 Å². The van der Waals surface area contributed by atoms with Gasteiger partial charge in [-0.1, -0.05) is 48.5 Å². The quantitative estimate of drug-likeness (QED) is 0.278. The third-order valence-corrected chi connectivity index (χ3v) is 7.17. The number of hydrogen-bond acceptors (Lipinski definition) is 5. The van der Waals surface area contributed by atoms with Gasteiger partial charge in [0, 0.05) is 46.9 Å². The van der Waals surface area contributed by atoms with Crippen molar-refractivity contribution in [3.8, 4) is 17.2 Å². The van der Waals surface area contributed by atoms with Crippen molar-refractivity contribution < 1.29 is 32.1 Å². The number of benzene rings is 4. The first-order valence-electron chi connectivity index (χ1n) is 12.6. The molecular weight excluding hydrogens is 507 g/mol. The van der Waals surface area contributed by atoms with Crippen molar-refractivity contribution in [3.63, 3.8) is 0 Å². The Morgan fingerprint density at radius 1 is 0.821 bits per heavy atom. The number of anilines is 1. The van der Waals surface area contributed by atoms with Crippen molar-refractivity contribution >= 4 is 22.5 Å². The molecule has 2 aliphatic heterocycles. The maximum Gasteiger partial charge on any atom is 0.573 e. The predicted octanol–water partition coefficient (Wildman–Crippen LogP) is 6.93. The summed E-state index contributed by atoms with van der Waals surface area (Å²) in [6.45, 7) is 2.83. The van der Waals surface area contributed by atoms with E-state index in [4.69, 9.17) is 14.2 Å². The molecule has 0 saturated carbocycles. The highest BCUT2D eigenvalue weighted by molar-refractivity contribution is 6.02. The number of halogens is 3. The lowest BCUT2D eigenvalue weighted by Crippen LogP contribution is -2.37. The third kappa shape index (κ3) is 4.76. The number of fused-ring (bicyclic) bond motifs is 3. The predicted molar refractivity (Wildman–Crippen MR) is 144 cm³/mol. The summed E-state index contributed by atoms with van der Waals surface area (Å²) in [6, 6.07) is 23.6. The highest BCUT2D eigenvalue weighted by Crippen LogP contribution is 2.47. The first-order valence-corrected chi connectivity index (χ1v) is 12.6. The summed E-state index contributed by atoms with van der Waals surface area (Å²) < 4.78 is 60.4. The van der Waals surface area contributed by atoms with E-state index >= 15 is 0 Å². The molecule has 1 fully saturated rings.